The largest absolute Gasteiger partial charge is 0.328 e. The summed E-state index contributed by atoms with van der Waals surface area (Å²) in [5.74, 6) is 7.72. The van der Waals surface area contributed by atoms with Crippen LogP contribution >= 0.6 is 0 Å². The lowest BCUT2D eigenvalue weighted by Gasteiger charge is -2.34. The molecule has 3 atom stereocenters. The summed E-state index contributed by atoms with van der Waals surface area (Å²) >= 11 is 0. The van der Waals surface area contributed by atoms with Gasteiger partial charge in [-0.25, -0.2) is 0 Å². The van der Waals surface area contributed by atoms with E-state index in [4.69, 9.17) is 5.73 Å². The maximum absolute atomic E-state index is 5.11. The molecule has 0 bridgehead atoms. The summed E-state index contributed by atoms with van der Waals surface area (Å²) in [5, 5.41) is 0. The molecule has 0 saturated heterocycles. The highest BCUT2D eigenvalue weighted by molar-refractivity contribution is 4.78. The van der Waals surface area contributed by atoms with Crippen LogP contribution in [0, 0.1) is 47.3 Å². The molecule has 2 aliphatic rings. The van der Waals surface area contributed by atoms with Gasteiger partial charge in [-0.15, -0.1) is 19.7 Å². The van der Waals surface area contributed by atoms with Crippen LogP contribution in [0.3, 0.4) is 0 Å². The van der Waals surface area contributed by atoms with E-state index >= 15 is 0 Å². The summed E-state index contributed by atoms with van der Waals surface area (Å²) in [6.07, 6.45) is 26.6. The number of hydrogen-bond acceptors (Lipinski definition) is 1. The van der Waals surface area contributed by atoms with E-state index in [1.165, 1.54) is 89.9 Å². The van der Waals surface area contributed by atoms with Crippen molar-refractivity contribution in [3.63, 3.8) is 0 Å². The monoisotopic (exact) mass is 860 g/mol. The Morgan fingerprint density at radius 1 is 0.533 bits per heavy atom. The molecule has 60 heavy (non-hydrogen) atoms. The van der Waals surface area contributed by atoms with Gasteiger partial charge >= 0.3 is 0 Å². The Labute approximate surface area is 392 Å². The maximum atomic E-state index is 5.11. The highest BCUT2D eigenvalue weighted by Gasteiger charge is 2.27. The number of rotatable bonds is 11. The first-order valence-electron chi connectivity index (χ1n) is 26.9. The molecule has 1 heteroatoms. The molecule has 0 heterocycles. The topological polar surface area (TPSA) is 26.0 Å². The normalized spacial score (nSPS) is 12.7. The van der Waals surface area contributed by atoms with Crippen molar-refractivity contribution in [1.29, 1.82) is 0 Å². The van der Waals surface area contributed by atoms with Crippen LogP contribution in [-0.4, -0.2) is 6.04 Å². The quantitative estimate of drug-likeness (QED) is 0.206. The Kier molecular flexibility index (Phi) is 146. The SMILES string of the molecule is C=CC.C=CC.C=CCC.CC.CC.CC.CC.CC.CC(C)C.CC(C)C1CC1.CC(C)N.CCC.CCC(C)CC(C(C)C)C1CCCCC1.CCCCC(C)CC. The molecule has 0 aromatic heterocycles. The fraction of sp³-hybridized carbons (Fsp3) is 0.898. The second-order valence-corrected chi connectivity index (χ2v) is 16.5. The Hall–Kier alpha value is -0.820. The molecule has 0 radical (unpaired) electrons. The molecule has 2 aliphatic carbocycles. The van der Waals surface area contributed by atoms with E-state index in [0.717, 1.165) is 53.8 Å². The van der Waals surface area contributed by atoms with Crippen molar-refractivity contribution >= 4 is 0 Å². The minimum absolute atomic E-state index is 0.333. The second-order valence-electron chi connectivity index (χ2n) is 16.5. The first kappa shape index (κ1) is 90.0. The Bertz CT molecular complexity index is 544. The van der Waals surface area contributed by atoms with Crippen LogP contribution < -0.4 is 5.73 Å². The molecule has 2 fully saturated rings. The van der Waals surface area contributed by atoms with E-state index in [9.17, 15) is 0 Å². The van der Waals surface area contributed by atoms with Gasteiger partial charge in [0.15, 0.2) is 0 Å². The van der Waals surface area contributed by atoms with Crippen molar-refractivity contribution in [2.45, 2.75) is 303 Å². The van der Waals surface area contributed by atoms with E-state index in [1.54, 1.807) is 12.2 Å². The predicted molar refractivity (Wildman–Crippen MR) is 300 cm³/mol. The number of hydrogen-bond donors (Lipinski definition) is 1. The Balaban J connectivity index is -0.0000000447. The molecule has 3 unspecified atom stereocenters. The van der Waals surface area contributed by atoms with Gasteiger partial charge in [0.25, 0.3) is 0 Å². The van der Waals surface area contributed by atoms with Gasteiger partial charge in [0, 0.05) is 0 Å². The third-order valence-electron chi connectivity index (χ3n) is 8.08. The molecule has 2 rings (SSSR count). The highest BCUT2D eigenvalue weighted by atomic mass is 14.6. The van der Waals surface area contributed by atoms with E-state index in [1.807, 2.05) is 103 Å². The number of nitrogens with two attached hydrogens (primary N) is 1. The second kappa shape index (κ2) is 97.5. The molecule has 0 aromatic rings. The fourth-order valence-corrected chi connectivity index (χ4v) is 4.72. The van der Waals surface area contributed by atoms with Crippen LogP contribution in [0.2, 0.25) is 0 Å². The average molecular weight is 861 g/mol. The molecular weight excluding hydrogens is 723 g/mol. The van der Waals surface area contributed by atoms with Crippen molar-refractivity contribution < 1.29 is 0 Å². The minimum Gasteiger partial charge on any atom is -0.328 e. The van der Waals surface area contributed by atoms with Gasteiger partial charge in [-0.2, -0.15) is 0 Å². The van der Waals surface area contributed by atoms with Crippen LogP contribution in [-0.2, 0) is 0 Å². The first-order chi connectivity index (χ1) is 28.4. The van der Waals surface area contributed by atoms with Gasteiger partial charge < -0.3 is 5.73 Å². The molecule has 2 N–H and O–H groups in total. The summed E-state index contributed by atoms with van der Waals surface area (Å²) in [6, 6.07) is 0.333. The molecule has 0 aromatic carbocycles. The maximum Gasteiger partial charge on any atom is -0.00179 e. The summed E-state index contributed by atoms with van der Waals surface area (Å²) < 4.78 is 0. The Morgan fingerprint density at radius 3 is 0.983 bits per heavy atom. The van der Waals surface area contributed by atoms with Crippen LogP contribution in [0.25, 0.3) is 0 Å². The van der Waals surface area contributed by atoms with Crippen LogP contribution in [0.4, 0.5) is 0 Å². The smallest absolute Gasteiger partial charge is 0.00179 e. The van der Waals surface area contributed by atoms with Crippen LogP contribution in [0.1, 0.15) is 297 Å². The van der Waals surface area contributed by atoms with Gasteiger partial charge in [0.05, 0.1) is 0 Å². The van der Waals surface area contributed by atoms with Gasteiger partial charge in [0.1, 0.15) is 0 Å². The average Bonchev–Trinajstić information content (AvgIpc) is 4.11. The summed E-state index contributed by atoms with van der Waals surface area (Å²) in [5.41, 5.74) is 5.11. The van der Waals surface area contributed by atoms with Crippen molar-refractivity contribution in [3.05, 3.63) is 38.0 Å². The minimum atomic E-state index is 0.333. The standard InChI is InChI=1S/C15H30.C8H18.C6H12.C4H10.C4H8.C3H9N.C3H8.2C3H6.5C2H6/c1-5-13(4)11-15(12(2)3)14-9-7-6-8-10-14;1-4-6-7-8(3)5-2;1-5(2)6-3-4-6;1-4(2)3;1-3-4-2;1-3(2)4;3*1-3-2;5*1-2/h12-15H,5-11H2,1-4H3;8H,4-7H2,1-3H3;5-6H,3-4H2,1-2H3;4H,1-3H3;3H,1,4H2,2H3;3H,4H2,1-2H3;3H2,1-2H3;2*3H,1H2,2H3;5*1-2H3. The van der Waals surface area contributed by atoms with Crippen molar-refractivity contribution in [2.24, 2.45) is 53.1 Å². The molecule has 0 amide bonds. The molecule has 2 saturated carbocycles. The van der Waals surface area contributed by atoms with Gasteiger partial charge in [-0.3, -0.25) is 0 Å². The van der Waals surface area contributed by atoms with Gasteiger partial charge in [0.2, 0.25) is 0 Å². The van der Waals surface area contributed by atoms with E-state index in [-0.39, 0.29) is 0 Å². The molecule has 378 valence electrons. The van der Waals surface area contributed by atoms with Gasteiger partial charge in [-0.05, 0) is 92.9 Å². The zero-order valence-electron chi connectivity index (χ0n) is 49.2. The first-order valence-corrected chi connectivity index (χ1v) is 26.9. The third-order valence-corrected chi connectivity index (χ3v) is 8.08. The van der Waals surface area contributed by atoms with E-state index in [2.05, 4.69) is 124 Å². The third kappa shape index (κ3) is 146. The van der Waals surface area contributed by atoms with Crippen LogP contribution in [0.15, 0.2) is 38.0 Å². The summed E-state index contributed by atoms with van der Waals surface area (Å²) in [6.45, 7) is 71.8. The van der Waals surface area contributed by atoms with Crippen molar-refractivity contribution in [1.82, 2.24) is 0 Å². The molecule has 0 aliphatic heterocycles. The molecule has 0 spiro atoms. The lowest BCUT2D eigenvalue weighted by molar-refractivity contribution is 0.164. The summed E-state index contributed by atoms with van der Waals surface area (Å²) in [4.78, 5) is 0. The zero-order valence-corrected chi connectivity index (χ0v) is 49.2. The summed E-state index contributed by atoms with van der Waals surface area (Å²) in [7, 11) is 0. The lowest BCUT2D eigenvalue weighted by atomic mass is 9.71. The van der Waals surface area contributed by atoms with Gasteiger partial charge in [-0.1, -0.05) is 276 Å². The highest BCUT2D eigenvalue weighted by Crippen LogP contribution is 2.38. The van der Waals surface area contributed by atoms with E-state index < -0.39 is 0 Å². The lowest BCUT2D eigenvalue weighted by Crippen LogP contribution is -2.24. The fourth-order valence-electron chi connectivity index (χ4n) is 4.72. The van der Waals surface area contributed by atoms with Crippen molar-refractivity contribution in [2.75, 3.05) is 0 Å². The molecular formula is C59H137N. The zero-order chi connectivity index (χ0) is 50.9. The van der Waals surface area contributed by atoms with E-state index in [0.29, 0.717) is 6.04 Å². The predicted octanol–water partition coefficient (Wildman–Crippen LogP) is 23.1. The Morgan fingerprint density at radius 2 is 0.817 bits per heavy atom. The van der Waals surface area contributed by atoms with Crippen molar-refractivity contribution in [3.8, 4) is 0 Å². The number of allylic oxidation sites excluding steroid dienone is 3. The molecule has 1 nitrogen and oxygen atoms in total. The number of unbranched alkanes of at least 4 members (excludes halogenated alkanes) is 1. The van der Waals surface area contributed by atoms with Crippen LogP contribution in [0.5, 0.6) is 0 Å².